The van der Waals surface area contributed by atoms with Crippen molar-refractivity contribution in [2.45, 2.75) is 45.1 Å². The smallest absolute Gasteiger partial charge is 0.172 e. The maximum atomic E-state index is 9.67. The Morgan fingerprint density at radius 3 is 2.21 bits per heavy atom. The van der Waals surface area contributed by atoms with Gasteiger partial charge in [0.15, 0.2) is 11.3 Å². The minimum Gasteiger partial charge on any atom is -0.480 e. The molecule has 3 aliphatic heterocycles. The van der Waals surface area contributed by atoms with Gasteiger partial charge in [-0.25, -0.2) is 0 Å². The lowest BCUT2D eigenvalue weighted by atomic mass is 9.89. The minimum atomic E-state index is -0.783. The van der Waals surface area contributed by atoms with Crippen LogP contribution in [0.15, 0.2) is 40.7 Å². The maximum Gasteiger partial charge on any atom is 0.172 e. The van der Waals surface area contributed by atoms with Gasteiger partial charge in [-0.05, 0) is 68.4 Å². The number of anilines is 1. The zero-order valence-corrected chi connectivity index (χ0v) is 16.7. The summed E-state index contributed by atoms with van der Waals surface area (Å²) in [6.07, 6.45) is 8.48. The number of hydrogen-bond donors (Lipinski definition) is 0. The van der Waals surface area contributed by atoms with E-state index >= 15 is 0 Å². The third-order valence-electron chi connectivity index (χ3n) is 5.86. The molecule has 5 heteroatoms. The summed E-state index contributed by atoms with van der Waals surface area (Å²) in [5.74, 6) is 0.0818. The lowest BCUT2D eigenvalue weighted by Crippen LogP contribution is -2.34. The molecule has 1 aromatic carbocycles. The van der Waals surface area contributed by atoms with E-state index in [4.69, 9.17) is 4.74 Å². The van der Waals surface area contributed by atoms with E-state index in [-0.39, 0.29) is 16.9 Å². The van der Waals surface area contributed by atoms with Crippen LogP contribution in [0.5, 0.6) is 0 Å². The molecule has 144 valence electrons. The Bertz CT molecular complexity index is 1050. The molecule has 0 N–H and O–H groups in total. The molecule has 5 nitrogen and oxygen atoms in total. The molecule has 0 spiro atoms. The fraction of sp³-hybridized carbons (Fsp3) is 0.375. The number of allylic oxidation sites excluding steroid dienone is 2. The van der Waals surface area contributed by atoms with Crippen molar-refractivity contribution in [3.63, 3.8) is 0 Å². The van der Waals surface area contributed by atoms with E-state index in [1.807, 2.05) is 38.1 Å². The first-order valence-corrected chi connectivity index (χ1v) is 9.96. The number of nitrogens with zero attached hydrogens (tertiary/aromatic N) is 4. The van der Waals surface area contributed by atoms with Crippen LogP contribution >= 0.6 is 0 Å². The molecule has 0 radical (unpaired) electrons. The molecule has 3 heterocycles. The van der Waals surface area contributed by atoms with Gasteiger partial charge in [0, 0.05) is 24.4 Å². The molecule has 0 aliphatic carbocycles. The first-order valence-electron chi connectivity index (χ1n) is 9.96. The summed E-state index contributed by atoms with van der Waals surface area (Å²) in [5, 5.41) is 28.1. The monoisotopic (exact) mass is 382 g/mol. The molecule has 0 saturated heterocycles. The van der Waals surface area contributed by atoms with Crippen LogP contribution in [0.4, 0.5) is 5.69 Å². The molecule has 0 unspecified atom stereocenters. The standard InChI is InChI=1S/C24H22N4O/c1-24(2)21(20(15-27)23(29-24)19(13-25)14-26)8-7-16-11-17-5-3-9-28-10-4-6-18(12-16)22(17)28/h7-8,11-12H,3-6,9-10H2,1-2H3/b8-7+. The van der Waals surface area contributed by atoms with Gasteiger partial charge in [0.05, 0.1) is 0 Å². The number of aryl methyl sites for hydroxylation is 2. The third-order valence-corrected chi connectivity index (χ3v) is 5.86. The number of hydrogen-bond acceptors (Lipinski definition) is 5. The van der Waals surface area contributed by atoms with Crippen molar-refractivity contribution in [1.29, 1.82) is 15.8 Å². The molecular formula is C24H22N4O. The highest BCUT2D eigenvalue weighted by Gasteiger charge is 2.38. The Morgan fingerprint density at radius 1 is 1.03 bits per heavy atom. The molecule has 29 heavy (non-hydrogen) atoms. The minimum absolute atomic E-state index is 0.0818. The summed E-state index contributed by atoms with van der Waals surface area (Å²) in [7, 11) is 0. The zero-order valence-electron chi connectivity index (χ0n) is 16.7. The lowest BCUT2D eigenvalue weighted by Gasteiger charge is -2.37. The quantitative estimate of drug-likeness (QED) is 0.711. The largest absolute Gasteiger partial charge is 0.480 e. The topological polar surface area (TPSA) is 83.8 Å². The Morgan fingerprint density at radius 2 is 1.66 bits per heavy atom. The molecule has 0 fully saturated rings. The average Bonchev–Trinajstić information content (AvgIpc) is 2.97. The number of rotatable bonds is 2. The van der Waals surface area contributed by atoms with Crippen LogP contribution in [-0.2, 0) is 17.6 Å². The SMILES string of the molecule is CC1(C)OC(=C(C#N)C#N)C(C#N)=C1/C=C/c1cc2c3c(c1)CCCN3CCC2. The van der Waals surface area contributed by atoms with Crippen LogP contribution in [0.1, 0.15) is 43.4 Å². The van der Waals surface area contributed by atoms with Crippen molar-refractivity contribution in [1.82, 2.24) is 0 Å². The lowest BCUT2D eigenvalue weighted by molar-refractivity contribution is 0.0954. The van der Waals surface area contributed by atoms with Crippen molar-refractivity contribution in [3.05, 3.63) is 57.4 Å². The fourth-order valence-corrected chi connectivity index (χ4v) is 4.59. The van der Waals surface area contributed by atoms with E-state index in [0.717, 1.165) is 31.5 Å². The predicted molar refractivity (Wildman–Crippen MR) is 110 cm³/mol. The molecule has 0 saturated carbocycles. The Kier molecular flexibility index (Phi) is 4.65. The molecule has 0 aromatic heterocycles. The van der Waals surface area contributed by atoms with Gasteiger partial charge in [-0.3, -0.25) is 0 Å². The summed E-state index contributed by atoms with van der Waals surface area (Å²) < 4.78 is 5.84. The van der Waals surface area contributed by atoms with E-state index < -0.39 is 5.60 Å². The molecular weight excluding hydrogens is 360 g/mol. The van der Waals surface area contributed by atoms with Crippen molar-refractivity contribution < 1.29 is 4.74 Å². The van der Waals surface area contributed by atoms with Gasteiger partial charge in [0.2, 0.25) is 0 Å². The number of nitriles is 3. The summed E-state index contributed by atoms with van der Waals surface area (Å²) in [4.78, 5) is 2.51. The predicted octanol–water partition coefficient (Wildman–Crippen LogP) is 4.33. The van der Waals surface area contributed by atoms with Crippen LogP contribution in [-0.4, -0.2) is 18.7 Å². The van der Waals surface area contributed by atoms with E-state index in [2.05, 4.69) is 23.1 Å². The van der Waals surface area contributed by atoms with Crippen LogP contribution in [0.25, 0.3) is 6.08 Å². The van der Waals surface area contributed by atoms with Crippen LogP contribution < -0.4 is 4.90 Å². The second-order valence-corrected chi connectivity index (χ2v) is 8.16. The molecule has 0 amide bonds. The van der Waals surface area contributed by atoms with Gasteiger partial charge in [-0.1, -0.05) is 12.2 Å². The fourth-order valence-electron chi connectivity index (χ4n) is 4.59. The maximum absolute atomic E-state index is 9.67. The first-order chi connectivity index (χ1) is 14.0. The normalized spacial score (nSPS) is 19.3. The van der Waals surface area contributed by atoms with Crippen molar-refractivity contribution in [2.75, 3.05) is 18.0 Å². The van der Waals surface area contributed by atoms with Crippen LogP contribution in [0.3, 0.4) is 0 Å². The van der Waals surface area contributed by atoms with E-state index in [1.165, 1.54) is 29.7 Å². The first kappa shape index (κ1) is 18.9. The summed E-state index contributed by atoms with van der Waals surface area (Å²) in [5.41, 5.74) is 5.34. The second kappa shape index (κ2) is 7.16. The van der Waals surface area contributed by atoms with E-state index in [1.54, 1.807) is 0 Å². The van der Waals surface area contributed by atoms with E-state index in [0.29, 0.717) is 5.57 Å². The third kappa shape index (κ3) is 3.18. The summed E-state index contributed by atoms with van der Waals surface area (Å²) >= 11 is 0. The van der Waals surface area contributed by atoms with Crippen molar-refractivity contribution in [2.24, 2.45) is 0 Å². The van der Waals surface area contributed by atoms with Gasteiger partial charge in [-0.2, -0.15) is 15.8 Å². The van der Waals surface area contributed by atoms with Gasteiger partial charge in [-0.15, -0.1) is 0 Å². The van der Waals surface area contributed by atoms with Gasteiger partial charge in [0.25, 0.3) is 0 Å². The Labute approximate surface area is 171 Å². The molecule has 0 atom stereocenters. The molecule has 0 bridgehead atoms. The number of benzene rings is 1. The highest BCUT2D eigenvalue weighted by Crippen LogP contribution is 2.41. The van der Waals surface area contributed by atoms with Crippen molar-refractivity contribution in [3.8, 4) is 18.2 Å². The highest BCUT2D eigenvalue weighted by atomic mass is 16.5. The summed E-state index contributed by atoms with van der Waals surface area (Å²) in [6.45, 7) is 5.98. The number of ether oxygens (including phenoxy) is 1. The van der Waals surface area contributed by atoms with E-state index in [9.17, 15) is 15.8 Å². The second-order valence-electron chi connectivity index (χ2n) is 8.16. The summed E-state index contributed by atoms with van der Waals surface area (Å²) in [6, 6.07) is 10.3. The van der Waals surface area contributed by atoms with Gasteiger partial charge in [0.1, 0.15) is 29.4 Å². The van der Waals surface area contributed by atoms with Gasteiger partial charge < -0.3 is 9.64 Å². The Balaban J connectivity index is 1.77. The highest BCUT2D eigenvalue weighted by molar-refractivity contribution is 5.70. The average molecular weight is 382 g/mol. The zero-order chi connectivity index (χ0) is 20.6. The Hall–Kier alpha value is -3.49. The van der Waals surface area contributed by atoms with Crippen molar-refractivity contribution >= 4 is 11.8 Å². The molecule has 4 rings (SSSR count). The van der Waals surface area contributed by atoms with Crippen LogP contribution in [0, 0.1) is 34.0 Å². The van der Waals surface area contributed by atoms with Gasteiger partial charge >= 0.3 is 0 Å². The molecule has 3 aliphatic rings. The molecule has 1 aromatic rings. The van der Waals surface area contributed by atoms with Crippen LogP contribution in [0.2, 0.25) is 0 Å².